The molecule has 0 fully saturated rings. The zero-order chi connectivity index (χ0) is 39.6. The molecule has 0 saturated heterocycles. The highest BCUT2D eigenvalue weighted by atomic mass is 19.4. The first-order chi connectivity index (χ1) is 26.8. The monoisotopic (exact) mass is 762 g/mol. The van der Waals surface area contributed by atoms with Crippen molar-refractivity contribution in [1.29, 1.82) is 5.26 Å². The third-order valence-corrected chi connectivity index (χ3v) is 8.67. The standard InChI is InChI=1S/C21H18F3N5.C19H10F3N5/c1-2-15(25)17-6-3-5-16(27-17)13-9-10-14-12-26-29(18(14)11-13)20-8-4-7-19(28-20)21(22,23)24;20-19(21,22)17-5-2-6-18(26-17)27-16-9-12(7-8-13(16)11-24-27)15-4-1-3-14(10-23)25-15/h3-12,15H,2,25H2,1H3;1-9,11H. The molecule has 1 unspecified atom stereocenters. The molecule has 8 rings (SSSR count). The van der Waals surface area contributed by atoms with Gasteiger partial charge in [-0.2, -0.15) is 41.8 Å². The number of fused-ring (bicyclic) bond motifs is 2. The molecule has 6 heterocycles. The highest BCUT2D eigenvalue weighted by molar-refractivity contribution is 5.86. The van der Waals surface area contributed by atoms with Crippen molar-refractivity contribution < 1.29 is 26.3 Å². The Morgan fingerprint density at radius 2 is 1.11 bits per heavy atom. The third kappa shape index (κ3) is 7.79. The lowest BCUT2D eigenvalue weighted by molar-refractivity contribution is -0.141. The minimum Gasteiger partial charge on any atom is -0.323 e. The molecule has 0 aliphatic heterocycles. The van der Waals surface area contributed by atoms with E-state index in [1.807, 2.05) is 55.5 Å². The second-order valence-electron chi connectivity index (χ2n) is 12.4. The topological polar surface area (TPSA) is 137 Å². The van der Waals surface area contributed by atoms with Crippen molar-refractivity contribution >= 4 is 21.8 Å². The van der Waals surface area contributed by atoms with E-state index in [1.54, 1.807) is 42.7 Å². The fraction of sp³-hybridized carbons (Fsp3) is 0.125. The second-order valence-corrected chi connectivity index (χ2v) is 12.4. The first-order valence-corrected chi connectivity index (χ1v) is 17.0. The van der Waals surface area contributed by atoms with Crippen LogP contribution in [0, 0.1) is 11.3 Å². The number of hydrogen-bond donors (Lipinski definition) is 1. The van der Waals surface area contributed by atoms with Crippen LogP contribution in [-0.4, -0.2) is 39.5 Å². The molecule has 2 N–H and O–H groups in total. The van der Waals surface area contributed by atoms with Crippen molar-refractivity contribution in [2.24, 2.45) is 5.73 Å². The van der Waals surface area contributed by atoms with Crippen molar-refractivity contribution in [3.05, 3.63) is 144 Å². The SMILES string of the molecule is CCC(N)c1cccc(-c2ccc3cnn(-c4cccc(C(F)(F)F)n4)c3c2)n1.N#Cc1cccc(-c2ccc3cnn(-c4cccc(C(F)(F)F)n4)c3c2)n1. The molecular weight excluding hydrogens is 734 g/mol. The highest BCUT2D eigenvalue weighted by Gasteiger charge is 2.33. The number of alkyl halides is 6. The lowest BCUT2D eigenvalue weighted by Crippen LogP contribution is -2.11. The Kier molecular flexibility index (Phi) is 10.0. The number of nitrogens with zero attached hydrogens (tertiary/aromatic N) is 9. The van der Waals surface area contributed by atoms with E-state index in [0.29, 0.717) is 22.3 Å². The van der Waals surface area contributed by atoms with Gasteiger partial charge in [0.25, 0.3) is 0 Å². The molecule has 0 bridgehead atoms. The molecule has 0 saturated carbocycles. The Morgan fingerprint density at radius 1 is 0.625 bits per heavy atom. The predicted octanol–water partition coefficient (Wildman–Crippen LogP) is 9.28. The molecule has 280 valence electrons. The van der Waals surface area contributed by atoms with Gasteiger partial charge in [0.2, 0.25) is 0 Å². The van der Waals surface area contributed by atoms with Crippen molar-refractivity contribution in [2.45, 2.75) is 31.7 Å². The molecule has 8 aromatic rings. The van der Waals surface area contributed by atoms with E-state index in [0.717, 1.165) is 46.3 Å². The molecule has 0 amide bonds. The van der Waals surface area contributed by atoms with Crippen molar-refractivity contribution in [3.63, 3.8) is 0 Å². The van der Waals surface area contributed by atoms with E-state index in [4.69, 9.17) is 11.0 Å². The smallest absolute Gasteiger partial charge is 0.323 e. The van der Waals surface area contributed by atoms with E-state index in [1.165, 1.54) is 33.6 Å². The van der Waals surface area contributed by atoms with E-state index in [2.05, 4.69) is 30.1 Å². The summed E-state index contributed by atoms with van der Waals surface area (Å²) in [6.07, 6.45) is -5.14. The zero-order valence-electron chi connectivity index (χ0n) is 29.2. The van der Waals surface area contributed by atoms with Crippen molar-refractivity contribution in [1.82, 2.24) is 39.5 Å². The quantitative estimate of drug-likeness (QED) is 0.166. The summed E-state index contributed by atoms with van der Waals surface area (Å²) >= 11 is 0. The molecule has 0 spiro atoms. The zero-order valence-corrected chi connectivity index (χ0v) is 29.2. The van der Waals surface area contributed by atoms with E-state index < -0.39 is 23.7 Å². The fourth-order valence-electron chi connectivity index (χ4n) is 5.80. The first-order valence-electron chi connectivity index (χ1n) is 17.0. The first kappa shape index (κ1) is 37.3. The summed E-state index contributed by atoms with van der Waals surface area (Å²) in [4.78, 5) is 16.3. The van der Waals surface area contributed by atoms with E-state index >= 15 is 0 Å². The summed E-state index contributed by atoms with van der Waals surface area (Å²) in [6.45, 7) is 1.99. The van der Waals surface area contributed by atoms with Gasteiger partial charge in [-0.1, -0.05) is 55.5 Å². The number of nitriles is 1. The van der Waals surface area contributed by atoms with E-state index in [-0.39, 0.29) is 23.4 Å². The number of nitrogens with two attached hydrogens (primary N) is 1. The van der Waals surface area contributed by atoms with Gasteiger partial charge in [0, 0.05) is 27.9 Å². The summed E-state index contributed by atoms with van der Waals surface area (Å²) in [5.74, 6) is 0.164. The second kappa shape index (κ2) is 15.0. The Balaban J connectivity index is 0.000000172. The van der Waals surface area contributed by atoms with Gasteiger partial charge >= 0.3 is 12.4 Å². The summed E-state index contributed by atoms with van der Waals surface area (Å²) < 4.78 is 80.7. The average molecular weight is 763 g/mol. The lowest BCUT2D eigenvalue weighted by atomic mass is 10.1. The Hall–Kier alpha value is -6.99. The predicted molar refractivity (Wildman–Crippen MR) is 196 cm³/mol. The van der Waals surface area contributed by atoms with Crippen LogP contribution in [0.2, 0.25) is 0 Å². The number of benzene rings is 2. The Bertz CT molecular complexity index is 2730. The summed E-state index contributed by atoms with van der Waals surface area (Å²) in [5.41, 5.74) is 9.29. The minimum absolute atomic E-state index is 0.0655. The fourth-order valence-corrected chi connectivity index (χ4v) is 5.80. The number of hydrogen-bond acceptors (Lipinski definition) is 8. The number of rotatable bonds is 6. The van der Waals surface area contributed by atoms with Gasteiger partial charge in [0.05, 0.1) is 40.5 Å². The van der Waals surface area contributed by atoms with Crippen LogP contribution in [0.25, 0.3) is 56.0 Å². The summed E-state index contributed by atoms with van der Waals surface area (Å²) in [5, 5.41) is 18.9. The Morgan fingerprint density at radius 3 is 1.59 bits per heavy atom. The maximum atomic E-state index is 13.0. The highest BCUT2D eigenvalue weighted by Crippen LogP contribution is 2.31. The van der Waals surface area contributed by atoms with Gasteiger partial charge in [0.1, 0.15) is 23.2 Å². The largest absolute Gasteiger partial charge is 0.433 e. The maximum absolute atomic E-state index is 13.0. The molecule has 0 aliphatic rings. The van der Waals surface area contributed by atoms with Gasteiger partial charge in [-0.25, -0.2) is 24.3 Å². The maximum Gasteiger partial charge on any atom is 0.433 e. The normalized spacial score (nSPS) is 12.3. The number of halogens is 6. The van der Waals surface area contributed by atoms with E-state index in [9.17, 15) is 26.3 Å². The average Bonchev–Trinajstić information content (AvgIpc) is 3.84. The summed E-state index contributed by atoms with van der Waals surface area (Å²) in [7, 11) is 0. The third-order valence-electron chi connectivity index (χ3n) is 8.67. The molecule has 0 aliphatic carbocycles. The van der Waals surface area contributed by atoms with Crippen LogP contribution in [-0.2, 0) is 12.4 Å². The van der Waals surface area contributed by atoms with Crippen molar-refractivity contribution in [2.75, 3.05) is 0 Å². The van der Waals surface area contributed by atoms with Gasteiger partial charge in [0.15, 0.2) is 11.6 Å². The van der Waals surface area contributed by atoms with Crippen LogP contribution < -0.4 is 5.73 Å². The van der Waals surface area contributed by atoms with Crippen LogP contribution >= 0.6 is 0 Å². The van der Waals surface area contributed by atoms with Crippen molar-refractivity contribution in [3.8, 4) is 40.2 Å². The number of aromatic nitrogens is 8. The lowest BCUT2D eigenvalue weighted by Gasteiger charge is -2.11. The summed E-state index contributed by atoms with van der Waals surface area (Å²) in [6, 6.07) is 30.9. The van der Waals surface area contributed by atoms with Gasteiger partial charge in [-0.3, -0.25) is 4.98 Å². The van der Waals surface area contributed by atoms with Gasteiger partial charge in [-0.15, -0.1) is 0 Å². The molecule has 6 aromatic heterocycles. The molecular formula is C40H28F6N10. The van der Waals surface area contributed by atoms with Gasteiger partial charge in [-0.05, 0) is 67.1 Å². The molecule has 0 radical (unpaired) electrons. The Labute approximate surface area is 314 Å². The van der Waals surface area contributed by atoms with Gasteiger partial charge < -0.3 is 5.73 Å². The molecule has 56 heavy (non-hydrogen) atoms. The minimum atomic E-state index is -4.54. The molecule has 16 heteroatoms. The van der Waals surface area contributed by atoms with Crippen LogP contribution in [0.4, 0.5) is 26.3 Å². The molecule has 2 aromatic carbocycles. The molecule has 1 atom stereocenters. The number of pyridine rings is 4. The van der Waals surface area contributed by atoms with Crippen LogP contribution in [0.3, 0.4) is 0 Å². The molecule has 10 nitrogen and oxygen atoms in total. The van der Waals surface area contributed by atoms with Crippen LogP contribution in [0.15, 0.2) is 122 Å². The van der Waals surface area contributed by atoms with Crippen LogP contribution in [0.1, 0.15) is 42.2 Å². The van der Waals surface area contributed by atoms with Crippen LogP contribution in [0.5, 0.6) is 0 Å².